The molecule has 1 atom stereocenters. The minimum absolute atomic E-state index is 0. The molecule has 0 aliphatic rings. The standard InChI is InChI=1S/C14H19FN4O.H2S/c1-2-3-5-9(8-20)17-13-10-6-4-7-11(15)12(10)18-14(16)19-13;/h4,6-7,9,20H,2-3,5,8H2,1H3,(H3,16,17,18,19);1H2/t9-;/m0./s1. The van der Waals surface area contributed by atoms with Crippen LogP contribution in [0.1, 0.15) is 26.2 Å². The summed E-state index contributed by atoms with van der Waals surface area (Å²) in [6.45, 7) is 2.07. The number of hydrogen-bond donors (Lipinski definition) is 3. The van der Waals surface area contributed by atoms with Gasteiger partial charge in [-0.1, -0.05) is 25.8 Å². The summed E-state index contributed by atoms with van der Waals surface area (Å²) in [5.41, 5.74) is 5.81. The zero-order chi connectivity index (χ0) is 14.5. The van der Waals surface area contributed by atoms with Gasteiger partial charge in [-0.3, -0.25) is 0 Å². The summed E-state index contributed by atoms with van der Waals surface area (Å²) in [5, 5.41) is 13.1. The lowest BCUT2D eigenvalue weighted by Gasteiger charge is -2.18. The molecule has 5 nitrogen and oxygen atoms in total. The third-order valence-electron chi connectivity index (χ3n) is 3.16. The van der Waals surface area contributed by atoms with Crippen LogP contribution in [0.3, 0.4) is 0 Å². The minimum atomic E-state index is -0.436. The minimum Gasteiger partial charge on any atom is -0.394 e. The van der Waals surface area contributed by atoms with Gasteiger partial charge in [0.15, 0.2) is 0 Å². The van der Waals surface area contributed by atoms with Crippen molar-refractivity contribution >= 4 is 36.2 Å². The van der Waals surface area contributed by atoms with Gasteiger partial charge in [0.2, 0.25) is 5.95 Å². The summed E-state index contributed by atoms with van der Waals surface area (Å²) in [7, 11) is 0. The highest BCUT2D eigenvalue weighted by Gasteiger charge is 2.13. The summed E-state index contributed by atoms with van der Waals surface area (Å²) >= 11 is 0. The Kier molecular flexibility index (Phi) is 6.64. The normalized spacial score (nSPS) is 12.0. The van der Waals surface area contributed by atoms with E-state index in [1.165, 1.54) is 6.07 Å². The Bertz CT molecular complexity index is 596. The highest BCUT2D eigenvalue weighted by Crippen LogP contribution is 2.24. The second kappa shape index (κ2) is 7.99. The quantitative estimate of drug-likeness (QED) is 0.763. The first-order valence-corrected chi connectivity index (χ1v) is 6.74. The maximum Gasteiger partial charge on any atom is 0.222 e. The molecule has 1 aromatic heterocycles. The second-order valence-electron chi connectivity index (χ2n) is 4.73. The zero-order valence-electron chi connectivity index (χ0n) is 11.9. The predicted molar refractivity (Wildman–Crippen MR) is 88.3 cm³/mol. The van der Waals surface area contributed by atoms with E-state index >= 15 is 0 Å². The van der Waals surface area contributed by atoms with Crippen LogP contribution >= 0.6 is 13.5 Å². The van der Waals surface area contributed by atoms with Crippen LogP contribution in [0.25, 0.3) is 10.9 Å². The first-order valence-electron chi connectivity index (χ1n) is 6.74. The van der Waals surface area contributed by atoms with Gasteiger partial charge in [-0.25, -0.2) is 9.37 Å². The highest BCUT2D eigenvalue weighted by molar-refractivity contribution is 7.59. The average Bonchev–Trinajstić information content (AvgIpc) is 2.44. The molecule has 4 N–H and O–H groups in total. The van der Waals surface area contributed by atoms with Crippen molar-refractivity contribution < 1.29 is 9.50 Å². The van der Waals surface area contributed by atoms with E-state index in [0.29, 0.717) is 11.2 Å². The zero-order valence-corrected chi connectivity index (χ0v) is 12.9. The third-order valence-corrected chi connectivity index (χ3v) is 3.16. The predicted octanol–water partition coefficient (Wildman–Crippen LogP) is 2.43. The molecule has 2 rings (SSSR count). The van der Waals surface area contributed by atoms with Gasteiger partial charge in [0.25, 0.3) is 0 Å². The van der Waals surface area contributed by atoms with E-state index in [1.807, 2.05) is 0 Å². The Balaban J connectivity index is 0.00000220. The molecule has 1 heterocycles. The van der Waals surface area contributed by atoms with Crippen LogP contribution in [0.15, 0.2) is 18.2 Å². The summed E-state index contributed by atoms with van der Waals surface area (Å²) in [4.78, 5) is 8.04. The Hall–Kier alpha value is -1.60. The van der Waals surface area contributed by atoms with Crippen molar-refractivity contribution in [3.8, 4) is 0 Å². The number of fused-ring (bicyclic) bond motifs is 1. The van der Waals surface area contributed by atoms with Crippen molar-refractivity contribution in [2.45, 2.75) is 32.2 Å². The number of rotatable bonds is 6. The second-order valence-corrected chi connectivity index (χ2v) is 4.73. The van der Waals surface area contributed by atoms with Gasteiger partial charge in [0, 0.05) is 5.39 Å². The molecule has 0 radical (unpaired) electrons. The molecule has 0 aliphatic heterocycles. The maximum atomic E-state index is 13.7. The van der Waals surface area contributed by atoms with Crippen molar-refractivity contribution in [2.24, 2.45) is 0 Å². The van der Waals surface area contributed by atoms with Crippen molar-refractivity contribution in [3.05, 3.63) is 24.0 Å². The van der Waals surface area contributed by atoms with E-state index in [4.69, 9.17) is 5.73 Å². The number of aromatic nitrogens is 2. The number of aliphatic hydroxyl groups excluding tert-OH is 1. The molecule has 0 saturated heterocycles. The van der Waals surface area contributed by atoms with Crippen LogP contribution in [-0.4, -0.2) is 27.7 Å². The van der Waals surface area contributed by atoms with Gasteiger partial charge in [-0.05, 0) is 18.6 Å². The number of aliphatic hydroxyl groups is 1. The van der Waals surface area contributed by atoms with Gasteiger partial charge in [0.05, 0.1) is 12.6 Å². The largest absolute Gasteiger partial charge is 0.394 e. The molecular formula is C14H21FN4OS. The Morgan fingerprint density at radius 2 is 2.14 bits per heavy atom. The van der Waals surface area contributed by atoms with Crippen LogP contribution in [0.4, 0.5) is 16.2 Å². The van der Waals surface area contributed by atoms with E-state index in [9.17, 15) is 9.50 Å². The van der Waals surface area contributed by atoms with Crippen LogP contribution in [-0.2, 0) is 0 Å². The van der Waals surface area contributed by atoms with E-state index in [1.54, 1.807) is 12.1 Å². The Morgan fingerprint density at radius 3 is 2.81 bits per heavy atom. The summed E-state index contributed by atoms with van der Waals surface area (Å²) in [6, 6.07) is 4.53. The first kappa shape index (κ1) is 17.5. The number of nitrogens with one attached hydrogen (secondary N) is 1. The number of unbranched alkanes of at least 4 members (excludes halogenated alkanes) is 1. The number of nitrogen functional groups attached to an aromatic ring is 1. The fourth-order valence-corrected chi connectivity index (χ4v) is 2.10. The van der Waals surface area contributed by atoms with E-state index in [-0.39, 0.29) is 37.6 Å². The fourth-order valence-electron chi connectivity index (χ4n) is 2.10. The molecule has 0 saturated carbocycles. The maximum absolute atomic E-state index is 13.7. The highest BCUT2D eigenvalue weighted by atomic mass is 32.1. The van der Waals surface area contributed by atoms with Crippen LogP contribution in [0.5, 0.6) is 0 Å². The SMILES string of the molecule is CCCC[C@@H](CO)Nc1nc(N)nc2c(F)cccc12.S. The van der Waals surface area contributed by atoms with Crippen LogP contribution in [0, 0.1) is 5.82 Å². The average molecular weight is 312 g/mol. The number of benzene rings is 1. The number of para-hydroxylation sites is 1. The van der Waals surface area contributed by atoms with Crippen molar-refractivity contribution in [3.63, 3.8) is 0 Å². The molecule has 21 heavy (non-hydrogen) atoms. The van der Waals surface area contributed by atoms with Crippen molar-refractivity contribution in [1.82, 2.24) is 9.97 Å². The van der Waals surface area contributed by atoms with Crippen molar-refractivity contribution in [2.75, 3.05) is 17.7 Å². The van der Waals surface area contributed by atoms with Gasteiger partial charge >= 0.3 is 0 Å². The fraction of sp³-hybridized carbons (Fsp3) is 0.429. The van der Waals surface area contributed by atoms with Crippen LogP contribution < -0.4 is 11.1 Å². The topological polar surface area (TPSA) is 84.1 Å². The smallest absolute Gasteiger partial charge is 0.222 e. The lowest BCUT2D eigenvalue weighted by Crippen LogP contribution is -2.24. The summed E-state index contributed by atoms with van der Waals surface area (Å²) < 4.78 is 13.7. The number of halogens is 1. The summed E-state index contributed by atoms with van der Waals surface area (Å²) in [5.74, 6) is 0.0354. The number of hydrogen-bond acceptors (Lipinski definition) is 5. The van der Waals surface area contributed by atoms with Gasteiger partial charge in [-0.15, -0.1) is 0 Å². The van der Waals surface area contributed by atoms with Gasteiger partial charge in [0.1, 0.15) is 17.2 Å². The number of nitrogens with two attached hydrogens (primary N) is 1. The molecule has 0 aliphatic carbocycles. The van der Waals surface area contributed by atoms with Crippen LogP contribution in [0.2, 0.25) is 0 Å². The molecule has 0 fully saturated rings. The van der Waals surface area contributed by atoms with Gasteiger partial charge < -0.3 is 16.2 Å². The Morgan fingerprint density at radius 1 is 1.38 bits per heavy atom. The molecule has 0 unspecified atom stereocenters. The molecule has 0 amide bonds. The monoisotopic (exact) mass is 312 g/mol. The summed E-state index contributed by atoms with van der Waals surface area (Å²) in [6.07, 6.45) is 2.85. The first-order chi connectivity index (χ1) is 9.65. The molecule has 7 heteroatoms. The lowest BCUT2D eigenvalue weighted by molar-refractivity contribution is 0.267. The molecule has 116 valence electrons. The molecular weight excluding hydrogens is 291 g/mol. The molecule has 2 aromatic rings. The van der Waals surface area contributed by atoms with E-state index in [0.717, 1.165) is 19.3 Å². The molecule has 0 bridgehead atoms. The molecule has 0 spiro atoms. The van der Waals surface area contributed by atoms with Gasteiger partial charge in [-0.2, -0.15) is 18.5 Å². The number of nitrogens with zero attached hydrogens (tertiary/aromatic N) is 2. The lowest BCUT2D eigenvalue weighted by atomic mass is 10.1. The third kappa shape index (κ3) is 4.18. The Labute approximate surface area is 130 Å². The molecule has 1 aromatic carbocycles. The van der Waals surface area contributed by atoms with E-state index < -0.39 is 5.82 Å². The van der Waals surface area contributed by atoms with Crippen molar-refractivity contribution in [1.29, 1.82) is 0 Å². The number of anilines is 2. The van der Waals surface area contributed by atoms with E-state index in [2.05, 4.69) is 22.2 Å².